The molecule has 1 amide bonds. The lowest BCUT2D eigenvalue weighted by Gasteiger charge is -2.09. The number of aromatic nitrogens is 3. The smallest absolute Gasteiger partial charge is 0.283 e. The number of hydrogen-bond acceptors (Lipinski definition) is 6. The summed E-state index contributed by atoms with van der Waals surface area (Å²) in [5.41, 5.74) is 1.72. The van der Waals surface area contributed by atoms with Crippen molar-refractivity contribution < 1.29 is 9.72 Å². The predicted octanol–water partition coefficient (Wildman–Crippen LogP) is 4.55. The Morgan fingerprint density at radius 1 is 1.13 bits per heavy atom. The van der Waals surface area contributed by atoms with Crippen LogP contribution in [0.2, 0.25) is 0 Å². The third kappa shape index (κ3) is 4.06. The van der Waals surface area contributed by atoms with Crippen LogP contribution < -0.4 is 5.32 Å². The van der Waals surface area contributed by atoms with Gasteiger partial charge in [0.05, 0.1) is 9.82 Å². The molecule has 4 rings (SSSR count). The van der Waals surface area contributed by atoms with Crippen LogP contribution in [0.1, 0.15) is 35.4 Å². The number of benzene rings is 2. The summed E-state index contributed by atoms with van der Waals surface area (Å²) in [5.74, 6) is 1.47. The van der Waals surface area contributed by atoms with Gasteiger partial charge in [0, 0.05) is 35.8 Å². The summed E-state index contributed by atoms with van der Waals surface area (Å²) in [6.07, 6.45) is 6.16. The van der Waals surface area contributed by atoms with E-state index in [9.17, 15) is 14.9 Å². The fourth-order valence-corrected chi connectivity index (χ4v) is 4.13. The zero-order valence-corrected chi connectivity index (χ0v) is 17.3. The highest BCUT2D eigenvalue weighted by Gasteiger charge is 2.18. The molecule has 9 heteroatoms. The Bertz CT molecular complexity index is 1090. The van der Waals surface area contributed by atoms with Crippen molar-refractivity contribution in [3.63, 3.8) is 0 Å². The molecule has 1 aliphatic rings. The van der Waals surface area contributed by atoms with Gasteiger partial charge in [-0.3, -0.25) is 14.9 Å². The Balaban J connectivity index is 1.52. The maximum absolute atomic E-state index is 12.6. The van der Waals surface area contributed by atoms with E-state index in [0.717, 1.165) is 43.0 Å². The number of nitro groups is 1. The molecule has 30 heavy (non-hydrogen) atoms. The Labute approximate surface area is 177 Å². The van der Waals surface area contributed by atoms with E-state index in [1.165, 1.54) is 24.2 Å². The van der Waals surface area contributed by atoms with Crippen LogP contribution in [-0.2, 0) is 13.0 Å². The third-order valence-corrected chi connectivity index (χ3v) is 5.93. The van der Waals surface area contributed by atoms with Crippen LogP contribution in [0.15, 0.2) is 47.4 Å². The normalized spacial score (nSPS) is 13.4. The molecule has 1 aromatic heterocycles. The van der Waals surface area contributed by atoms with Gasteiger partial charge in [-0.05, 0) is 55.5 Å². The fourth-order valence-electron chi connectivity index (χ4n) is 3.58. The van der Waals surface area contributed by atoms with Gasteiger partial charge in [0.2, 0.25) is 0 Å². The largest absolute Gasteiger partial charge is 0.322 e. The van der Waals surface area contributed by atoms with E-state index >= 15 is 0 Å². The van der Waals surface area contributed by atoms with E-state index < -0.39 is 10.8 Å². The van der Waals surface area contributed by atoms with Gasteiger partial charge in [0.25, 0.3) is 11.6 Å². The minimum Gasteiger partial charge on any atom is -0.322 e. The summed E-state index contributed by atoms with van der Waals surface area (Å²) in [6.45, 7) is 0.918. The minimum absolute atomic E-state index is 0.0713. The number of carbonyl (C=O) groups excluding carboxylic acids is 1. The lowest BCUT2D eigenvalue weighted by atomic mass is 10.1. The average Bonchev–Trinajstić information content (AvgIpc) is 3.01. The molecule has 0 saturated carbocycles. The van der Waals surface area contributed by atoms with Crippen molar-refractivity contribution in [1.29, 1.82) is 0 Å². The molecule has 3 aromatic rings. The Kier molecular flexibility index (Phi) is 5.80. The summed E-state index contributed by atoms with van der Waals surface area (Å²) in [4.78, 5) is 23.8. The first-order valence-corrected chi connectivity index (χ1v) is 11.0. The standard InChI is InChI=1S/C21H21N5O3S/c1-30-18-11-8-15(13-17(18)26(28)29)21(27)22-16-9-6-14(7-10-16)20-24-23-19-5-3-2-4-12-25(19)20/h6-11,13H,2-5,12H2,1H3,(H,22,27). The number of hydrogen-bond donors (Lipinski definition) is 1. The predicted molar refractivity (Wildman–Crippen MR) is 116 cm³/mol. The number of nitro benzene ring substituents is 1. The van der Waals surface area contributed by atoms with E-state index in [1.54, 1.807) is 30.5 Å². The summed E-state index contributed by atoms with van der Waals surface area (Å²) < 4.78 is 2.17. The molecule has 8 nitrogen and oxygen atoms in total. The van der Waals surface area contributed by atoms with Crippen molar-refractivity contribution in [2.45, 2.75) is 37.1 Å². The van der Waals surface area contributed by atoms with Crippen LogP contribution in [0.3, 0.4) is 0 Å². The van der Waals surface area contributed by atoms with Gasteiger partial charge in [-0.2, -0.15) is 0 Å². The maximum atomic E-state index is 12.6. The number of fused-ring (bicyclic) bond motifs is 1. The van der Waals surface area contributed by atoms with E-state index in [2.05, 4.69) is 20.1 Å². The van der Waals surface area contributed by atoms with E-state index in [4.69, 9.17) is 0 Å². The van der Waals surface area contributed by atoms with Gasteiger partial charge < -0.3 is 9.88 Å². The van der Waals surface area contributed by atoms with Crippen molar-refractivity contribution in [3.8, 4) is 11.4 Å². The van der Waals surface area contributed by atoms with Crippen LogP contribution in [0.25, 0.3) is 11.4 Å². The van der Waals surface area contributed by atoms with Crippen LogP contribution in [0, 0.1) is 10.1 Å². The number of thioether (sulfide) groups is 1. The summed E-state index contributed by atoms with van der Waals surface area (Å²) in [6, 6.07) is 11.9. The highest BCUT2D eigenvalue weighted by Crippen LogP contribution is 2.29. The molecule has 0 fully saturated rings. The third-order valence-electron chi connectivity index (χ3n) is 5.15. The first-order chi connectivity index (χ1) is 14.6. The minimum atomic E-state index is -0.473. The lowest BCUT2D eigenvalue weighted by Crippen LogP contribution is -2.12. The fraction of sp³-hybridized carbons (Fsp3) is 0.286. The van der Waals surface area contributed by atoms with Crippen molar-refractivity contribution >= 4 is 29.0 Å². The van der Waals surface area contributed by atoms with Gasteiger partial charge in [0.15, 0.2) is 5.82 Å². The zero-order chi connectivity index (χ0) is 21.1. The van der Waals surface area contributed by atoms with Gasteiger partial charge in [-0.15, -0.1) is 22.0 Å². The molecule has 1 N–H and O–H groups in total. The van der Waals surface area contributed by atoms with Gasteiger partial charge in [0.1, 0.15) is 5.82 Å². The molecule has 154 valence electrons. The van der Waals surface area contributed by atoms with Gasteiger partial charge >= 0.3 is 0 Å². The van der Waals surface area contributed by atoms with Gasteiger partial charge in [-0.25, -0.2) is 0 Å². The van der Waals surface area contributed by atoms with Crippen molar-refractivity contribution in [2.24, 2.45) is 0 Å². The molecule has 2 aromatic carbocycles. The summed E-state index contributed by atoms with van der Waals surface area (Å²) >= 11 is 1.27. The molecule has 2 heterocycles. The van der Waals surface area contributed by atoms with Crippen molar-refractivity contribution in [3.05, 3.63) is 64.0 Å². The quantitative estimate of drug-likeness (QED) is 0.367. The number of amides is 1. The highest BCUT2D eigenvalue weighted by atomic mass is 32.2. The van der Waals surface area contributed by atoms with E-state index in [-0.39, 0.29) is 11.3 Å². The Morgan fingerprint density at radius 2 is 1.93 bits per heavy atom. The zero-order valence-electron chi connectivity index (χ0n) is 16.5. The number of carbonyl (C=O) groups is 1. The monoisotopic (exact) mass is 423 g/mol. The van der Waals surface area contributed by atoms with Crippen LogP contribution in [0.4, 0.5) is 11.4 Å². The molecule has 0 radical (unpaired) electrons. The SMILES string of the molecule is CSc1ccc(C(=O)Nc2ccc(-c3nnc4n3CCCCC4)cc2)cc1[N+](=O)[O-]. The molecule has 0 atom stereocenters. The highest BCUT2D eigenvalue weighted by molar-refractivity contribution is 7.98. The van der Waals surface area contributed by atoms with Crippen molar-refractivity contribution in [2.75, 3.05) is 11.6 Å². The lowest BCUT2D eigenvalue weighted by molar-refractivity contribution is -0.387. The number of aryl methyl sites for hydroxylation is 1. The second-order valence-electron chi connectivity index (χ2n) is 7.08. The first-order valence-electron chi connectivity index (χ1n) is 9.73. The summed E-state index contributed by atoms with van der Waals surface area (Å²) in [5, 5.41) is 22.7. The van der Waals surface area contributed by atoms with E-state index in [0.29, 0.717) is 10.6 Å². The second-order valence-corrected chi connectivity index (χ2v) is 7.93. The molecule has 0 saturated heterocycles. The van der Waals surface area contributed by atoms with Crippen LogP contribution in [0.5, 0.6) is 0 Å². The summed E-state index contributed by atoms with van der Waals surface area (Å²) in [7, 11) is 0. The molecule has 0 unspecified atom stereocenters. The number of nitrogens with zero attached hydrogens (tertiary/aromatic N) is 4. The molecule has 0 spiro atoms. The maximum Gasteiger partial charge on any atom is 0.283 e. The Morgan fingerprint density at radius 3 is 2.67 bits per heavy atom. The molecular weight excluding hydrogens is 402 g/mol. The van der Waals surface area contributed by atoms with Crippen LogP contribution >= 0.6 is 11.8 Å². The molecule has 0 aliphatic carbocycles. The van der Waals surface area contributed by atoms with Crippen LogP contribution in [-0.4, -0.2) is 31.9 Å². The Hall–Kier alpha value is -3.20. The molecule has 1 aliphatic heterocycles. The second kappa shape index (κ2) is 8.66. The number of anilines is 1. The van der Waals surface area contributed by atoms with E-state index in [1.807, 2.05) is 12.1 Å². The number of rotatable bonds is 5. The first kappa shape index (κ1) is 20.1. The van der Waals surface area contributed by atoms with Crippen molar-refractivity contribution in [1.82, 2.24) is 14.8 Å². The molecular formula is C21H21N5O3S. The topological polar surface area (TPSA) is 103 Å². The van der Waals surface area contributed by atoms with Gasteiger partial charge in [-0.1, -0.05) is 6.42 Å². The average molecular weight is 423 g/mol. The number of nitrogens with one attached hydrogen (secondary N) is 1. The molecule has 0 bridgehead atoms.